The summed E-state index contributed by atoms with van der Waals surface area (Å²) in [4.78, 5) is 3.98. The normalized spacial score (nSPS) is 10.4. The maximum atomic E-state index is 5.68. The van der Waals surface area contributed by atoms with Gasteiger partial charge in [0.15, 0.2) is 0 Å². The second kappa shape index (κ2) is 6.06. The lowest BCUT2D eigenvalue weighted by atomic mass is 10.1. The zero-order chi connectivity index (χ0) is 11.9. The molecule has 17 heavy (non-hydrogen) atoms. The van der Waals surface area contributed by atoms with Crippen LogP contribution in [-0.2, 0) is 13.0 Å². The van der Waals surface area contributed by atoms with Crippen LogP contribution in [0.25, 0.3) is 0 Å². The van der Waals surface area contributed by atoms with E-state index in [-0.39, 0.29) is 0 Å². The predicted molar refractivity (Wildman–Crippen MR) is 66.9 cm³/mol. The van der Waals surface area contributed by atoms with Gasteiger partial charge in [-0.2, -0.15) is 0 Å². The van der Waals surface area contributed by atoms with Crippen molar-refractivity contribution in [3.63, 3.8) is 0 Å². The molecule has 0 fully saturated rings. The molecule has 2 rings (SSSR count). The van der Waals surface area contributed by atoms with Crippen LogP contribution in [0.2, 0.25) is 0 Å². The van der Waals surface area contributed by atoms with Crippen molar-refractivity contribution in [2.24, 2.45) is 5.73 Å². The Bertz CT molecular complexity index is 440. The summed E-state index contributed by atoms with van der Waals surface area (Å²) in [5, 5.41) is 0. The molecule has 4 heteroatoms. The van der Waals surface area contributed by atoms with Crippen molar-refractivity contribution in [3.8, 4) is 5.75 Å². The third kappa shape index (κ3) is 3.60. The highest BCUT2D eigenvalue weighted by molar-refractivity contribution is 5.28. The maximum Gasteiger partial charge on any atom is 0.119 e. The largest absolute Gasteiger partial charge is 0.492 e. The summed E-state index contributed by atoms with van der Waals surface area (Å²) in [6.07, 6.45) is 6.36. The number of hydrogen-bond acceptors (Lipinski definition) is 3. The zero-order valence-corrected chi connectivity index (χ0v) is 9.75. The van der Waals surface area contributed by atoms with E-state index in [9.17, 15) is 0 Å². The van der Waals surface area contributed by atoms with Gasteiger partial charge in [0, 0.05) is 12.4 Å². The number of imidazole rings is 1. The van der Waals surface area contributed by atoms with Gasteiger partial charge in [-0.1, -0.05) is 12.1 Å². The van der Waals surface area contributed by atoms with Crippen molar-refractivity contribution in [1.82, 2.24) is 9.55 Å². The molecule has 2 aromatic rings. The van der Waals surface area contributed by atoms with Gasteiger partial charge in [0.2, 0.25) is 0 Å². The highest BCUT2D eigenvalue weighted by Gasteiger charge is 1.97. The number of aromatic nitrogens is 2. The fourth-order valence-electron chi connectivity index (χ4n) is 1.65. The van der Waals surface area contributed by atoms with E-state index in [1.54, 1.807) is 12.5 Å². The average molecular weight is 231 g/mol. The first-order chi connectivity index (χ1) is 8.38. The second-order valence-electron chi connectivity index (χ2n) is 3.84. The SMILES string of the molecule is NCCc1cccc(OCCn2ccnc2)c1. The minimum atomic E-state index is 0.641. The Labute approximate surface area is 101 Å². The summed E-state index contributed by atoms with van der Waals surface area (Å²) in [5.41, 5.74) is 6.74. The maximum absolute atomic E-state index is 5.68. The van der Waals surface area contributed by atoms with Gasteiger partial charge in [0.1, 0.15) is 12.4 Å². The number of hydrogen-bond donors (Lipinski definition) is 1. The number of ether oxygens (including phenoxy) is 1. The van der Waals surface area contributed by atoms with Crippen LogP contribution in [0.3, 0.4) is 0 Å². The first-order valence-corrected chi connectivity index (χ1v) is 5.76. The first kappa shape index (κ1) is 11.7. The van der Waals surface area contributed by atoms with E-state index in [0.29, 0.717) is 13.2 Å². The molecule has 0 spiro atoms. The monoisotopic (exact) mass is 231 g/mol. The van der Waals surface area contributed by atoms with Crippen LogP contribution in [0.4, 0.5) is 0 Å². The van der Waals surface area contributed by atoms with Crippen LogP contribution in [0.1, 0.15) is 5.56 Å². The number of benzene rings is 1. The summed E-state index contributed by atoms with van der Waals surface area (Å²) < 4.78 is 7.67. The van der Waals surface area contributed by atoms with Crippen molar-refractivity contribution >= 4 is 0 Å². The van der Waals surface area contributed by atoms with Crippen LogP contribution in [0.15, 0.2) is 43.0 Å². The Morgan fingerprint density at radius 1 is 1.35 bits per heavy atom. The van der Waals surface area contributed by atoms with E-state index < -0.39 is 0 Å². The number of nitrogens with zero attached hydrogens (tertiary/aromatic N) is 2. The quantitative estimate of drug-likeness (QED) is 0.819. The molecule has 0 saturated heterocycles. The fraction of sp³-hybridized carbons (Fsp3) is 0.308. The lowest BCUT2D eigenvalue weighted by Crippen LogP contribution is -2.07. The predicted octanol–water partition coefficient (Wildman–Crippen LogP) is 1.46. The summed E-state index contributed by atoms with van der Waals surface area (Å²) >= 11 is 0. The van der Waals surface area contributed by atoms with E-state index in [1.807, 2.05) is 29.0 Å². The zero-order valence-electron chi connectivity index (χ0n) is 9.75. The van der Waals surface area contributed by atoms with E-state index in [2.05, 4.69) is 11.1 Å². The lowest BCUT2D eigenvalue weighted by molar-refractivity contribution is 0.298. The van der Waals surface area contributed by atoms with Gasteiger partial charge in [0.05, 0.1) is 12.9 Å². The van der Waals surface area contributed by atoms with E-state index in [4.69, 9.17) is 10.5 Å². The molecule has 0 aliphatic rings. The van der Waals surface area contributed by atoms with Gasteiger partial charge in [0.25, 0.3) is 0 Å². The molecule has 4 nitrogen and oxygen atoms in total. The van der Waals surface area contributed by atoms with Gasteiger partial charge >= 0.3 is 0 Å². The summed E-state index contributed by atoms with van der Waals surface area (Å²) in [5.74, 6) is 0.899. The first-order valence-electron chi connectivity index (χ1n) is 5.76. The molecule has 1 aromatic heterocycles. The third-order valence-electron chi connectivity index (χ3n) is 2.51. The summed E-state index contributed by atoms with van der Waals surface area (Å²) in [6, 6.07) is 8.07. The van der Waals surface area contributed by atoms with Crippen molar-refractivity contribution < 1.29 is 4.74 Å². The molecule has 0 saturated carbocycles. The highest BCUT2D eigenvalue weighted by atomic mass is 16.5. The molecular formula is C13H17N3O. The van der Waals surface area contributed by atoms with Crippen molar-refractivity contribution in [2.75, 3.05) is 13.2 Å². The molecule has 0 aliphatic carbocycles. The van der Waals surface area contributed by atoms with Gasteiger partial charge < -0.3 is 15.0 Å². The Morgan fingerprint density at radius 3 is 3.06 bits per heavy atom. The molecule has 0 unspecified atom stereocenters. The lowest BCUT2D eigenvalue weighted by Gasteiger charge is -2.08. The minimum absolute atomic E-state index is 0.641. The Kier molecular flexibility index (Phi) is 4.16. The van der Waals surface area contributed by atoms with E-state index in [1.165, 1.54) is 5.56 Å². The molecule has 90 valence electrons. The standard InChI is InChI=1S/C13H17N3O/c14-5-4-12-2-1-3-13(10-12)17-9-8-16-7-6-15-11-16/h1-3,6-7,10-11H,4-5,8-9,14H2. The summed E-state index contributed by atoms with van der Waals surface area (Å²) in [6.45, 7) is 2.11. The molecule has 0 radical (unpaired) electrons. The third-order valence-corrected chi connectivity index (χ3v) is 2.51. The van der Waals surface area contributed by atoms with Crippen molar-refractivity contribution in [1.29, 1.82) is 0 Å². The number of rotatable bonds is 6. The molecule has 0 atom stereocenters. The molecular weight excluding hydrogens is 214 g/mol. The van der Waals surface area contributed by atoms with E-state index >= 15 is 0 Å². The highest BCUT2D eigenvalue weighted by Crippen LogP contribution is 2.13. The smallest absolute Gasteiger partial charge is 0.119 e. The van der Waals surface area contributed by atoms with Crippen LogP contribution < -0.4 is 10.5 Å². The topological polar surface area (TPSA) is 53.1 Å². The van der Waals surface area contributed by atoms with Crippen molar-refractivity contribution in [2.45, 2.75) is 13.0 Å². The molecule has 1 heterocycles. The minimum Gasteiger partial charge on any atom is -0.492 e. The Balaban J connectivity index is 1.84. The van der Waals surface area contributed by atoms with Gasteiger partial charge in [-0.05, 0) is 30.7 Å². The second-order valence-corrected chi connectivity index (χ2v) is 3.84. The van der Waals surface area contributed by atoms with E-state index in [0.717, 1.165) is 18.7 Å². The summed E-state index contributed by atoms with van der Waals surface area (Å²) in [7, 11) is 0. The molecule has 0 amide bonds. The van der Waals surface area contributed by atoms with Gasteiger partial charge in [-0.25, -0.2) is 4.98 Å². The van der Waals surface area contributed by atoms with Gasteiger partial charge in [-0.15, -0.1) is 0 Å². The molecule has 0 aliphatic heterocycles. The van der Waals surface area contributed by atoms with Gasteiger partial charge in [-0.3, -0.25) is 0 Å². The number of nitrogens with two attached hydrogens (primary N) is 1. The molecule has 2 N–H and O–H groups in total. The molecule has 0 bridgehead atoms. The van der Waals surface area contributed by atoms with Crippen LogP contribution in [0.5, 0.6) is 5.75 Å². The Morgan fingerprint density at radius 2 is 2.29 bits per heavy atom. The molecule has 1 aromatic carbocycles. The van der Waals surface area contributed by atoms with Crippen LogP contribution in [0, 0.1) is 0 Å². The average Bonchev–Trinajstić information content (AvgIpc) is 2.83. The Hall–Kier alpha value is -1.81. The van der Waals surface area contributed by atoms with Crippen molar-refractivity contribution in [3.05, 3.63) is 48.5 Å². The van der Waals surface area contributed by atoms with Crippen LogP contribution >= 0.6 is 0 Å². The van der Waals surface area contributed by atoms with Crippen LogP contribution in [-0.4, -0.2) is 22.7 Å². The fourth-order valence-corrected chi connectivity index (χ4v) is 1.65.